The number of rotatable bonds is 7. The van der Waals surface area contributed by atoms with Crippen molar-refractivity contribution in [3.63, 3.8) is 0 Å². The molecule has 110 valence electrons. The molecule has 0 aliphatic rings. The number of aliphatic hydroxyl groups is 1. The van der Waals surface area contributed by atoms with Crippen molar-refractivity contribution in [1.29, 1.82) is 0 Å². The van der Waals surface area contributed by atoms with E-state index in [0.717, 1.165) is 0 Å². The van der Waals surface area contributed by atoms with Gasteiger partial charge in [0.2, 0.25) is 5.88 Å². The summed E-state index contributed by atoms with van der Waals surface area (Å²) >= 11 is 0. The van der Waals surface area contributed by atoms with Crippen LogP contribution in [0.1, 0.15) is 37.1 Å². The van der Waals surface area contributed by atoms with Crippen LogP contribution in [0.2, 0.25) is 0 Å². The van der Waals surface area contributed by atoms with Gasteiger partial charge in [0.25, 0.3) is 0 Å². The SMILES string of the molecule is CCS(=O)(=O)CCCC(O)c1c(C)nn(C)c1OC. The van der Waals surface area contributed by atoms with Crippen LogP contribution < -0.4 is 4.74 Å². The summed E-state index contributed by atoms with van der Waals surface area (Å²) in [5.74, 6) is 0.754. The Bertz CT molecular complexity index is 522. The first-order valence-electron chi connectivity index (χ1n) is 6.28. The summed E-state index contributed by atoms with van der Waals surface area (Å²) in [4.78, 5) is 0. The van der Waals surface area contributed by atoms with Gasteiger partial charge in [0.05, 0.1) is 30.2 Å². The summed E-state index contributed by atoms with van der Waals surface area (Å²) < 4.78 is 29.6. The Morgan fingerprint density at radius 3 is 2.63 bits per heavy atom. The fourth-order valence-electron chi connectivity index (χ4n) is 2.06. The van der Waals surface area contributed by atoms with Crippen LogP contribution in [0.25, 0.3) is 0 Å². The molecular formula is C12H22N2O4S. The lowest BCUT2D eigenvalue weighted by molar-refractivity contribution is 0.161. The number of aliphatic hydroxyl groups excluding tert-OH is 1. The van der Waals surface area contributed by atoms with E-state index in [1.807, 2.05) is 0 Å². The molecule has 1 rings (SSSR count). The molecule has 0 saturated heterocycles. The number of ether oxygens (including phenoxy) is 1. The maximum Gasteiger partial charge on any atom is 0.217 e. The van der Waals surface area contributed by atoms with Crippen molar-refractivity contribution < 1.29 is 18.3 Å². The quantitative estimate of drug-likeness (QED) is 0.809. The Hall–Kier alpha value is -1.08. The van der Waals surface area contributed by atoms with E-state index < -0.39 is 15.9 Å². The van der Waals surface area contributed by atoms with Crippen LogP contribution in [0.3, 0.4) is 0 Å². The van der Waals surface area contributed by atoms with E-state index in [2.05, 4.69) is 5.10 Å². The maximum atomic E-state index is 11.4. The largest absolute Gasteiger partial charge is 0.481 e. The first-order valence-corrected chi connectivity index (χ1v) is 8.10. The van der Waals surface area contributed by atoms with Crippen LogP contribution in [0.15, 0.2) is 0 Å². The Morgan fingerprint density at radius 1 is 1.47 bits per heavy atom. The third kappa shape index (κ3) is 3.94. The monoisotopic (exact) mass is 290 g/mol. The predicted molar refractivity (Wildman–Crippen MR) is 73.0 cm³/mol. The first kappa shape index (κ1) is 16.0. The predicted octanol–water partition coefficient (Wildman–Crippen LogP) is 0.985. The molecular weight excluding hydrogens is 268 g/mol. The van der Waals surface area contributed by atoms with E-state index in [0.29, 0.717) is 30.0 Å². The van der Waals surface area contributed by atoms with Gasteiger partial charge in [-0.25, -0.2) is 13.1 Å². The van der Waals surface area contributed by atoms with Gasteiger partial charge in [0.15, 0.2) is 0 Å². The summed E-state index contributed by atoms with van der Waals surface area (Å²) in [6.45, 7) is 3.42. The zero-order chi connectivity index (χ0) is 14.6. The summed E-state index contributed by atoms with van der Waals surface area (Å²) in [6, 6.07) is 0. The fraction of sp³-hybridized carbons (Fsp3) is 0.750. The molecule has 1 heterocycles. The number of nitrogens with zero attached hydrogens (tertiary/aromatic N) is 2. The Labute approximate surface area is 114 Å². The van der Waals surface area contributed by atoms with E-state index in [4.69, 9.17) is 4.74 Å². The lowest BCUT2D eigenvalue weighted by Crippen LogP contribution is -2.10. The van der Waals surface area contributed by atoms with Crippen molar-refractivity contribution in [2.75, 3.05) is 18.6 Å². The molecule has 0 bridgehead atoms. The van der Waals surface area contributed by atoms with Crippen molar-refractivity contribution in [3.05, 3.63) is 11.3 Å². The molecule has 19 heavy (non-hydrogen) atoms. The minimum Gasteiger partial charge on any atom is -0.481 e. The standard InChI is InChI=1S/C12H22N2O4S/c1-5-19(16,17)8-6-7-10(15)11-9(2)13-14(3)12(11)18-4/h10,15H,5-8H2,1-4H3. The fourth-order valence-corrected chi connectivity index (χ4v) is 2.96. The molecule has 7 heteroatoms. The van der Waals surface area contributed by atoms with Gasteiger partial charge in [-0.05, 0) is 19.8 Å². The van der Waals surface area contributed by atoms with E-state index in [1.165, 1.54) is 7.11 Å². The number of hydrogen-bond acceptors (Lipinski definition) is 5. The lowest BCUT2D eigenvalue weighted by Gasteiger charge is -2.12. The molecule has 0 amide bonds. The van der Waals surface area contributed by atoms with Crippen LogP contribution in [-0.4, -0.2) is 41.9 Å². The average molecular weight is 290 g/mol. The maximum absolute atomic E-state index is 11.4. The highest BCUT2D eigenvalue weighted by Crippen LogP contribution is 2.30. The highest BCUT2D eigenvalue weighted by Gasteiger charge is 2.21. The summed E-state index contributed by atoms with van der Waals surface area (Å²) in [7, 11) is 0.281. The number of aryl methyl sites for hydroxylation is 2. The molecule has 0 radical (unpaired) electrons. The van der Waals surface area contributed by atoms with Gasteiger partial charge >= 0.3 is 0 Å². The van der Waals surface area contributed by atoms with Crippen LogP contribution in [0, 0.1) is 6.92 Å². The average Bonchev–Trinajstić information content (AvgIpc) is 2.63. The highest BCUT2D eigenvalue weighted by molar-refractivity contribution is 7.91. The van der Waals surface area contributed by atoms with E-state index in [9.17, 15) is 13.5 Å². The summed E-state index contributed by atoms with van der Waals surface area (Å²) in [5, 5.41) is 14.4. The number of sulfone groups is 1. The van der Waals surface area contributed by atoms with Gasteiger partial charge in [-0.15, -0.1) is 0 Å². The van der Waals surface area contributed by atoms with Crippen LogP contribution >= 0.6 is 0 Å². The third-order valence-electron chi connectivity index (χ3n) is 3.11. The second-order valence-electron chi connectivity index (χ2n) is 4.53. The van der Waals surface area contributed by atoms with E-state index >= 15 is 0 Å². The molecule has 0 saturated carbocycles. The van der Waals surface area contributed by atoms with Crippen molar-refractivity contribution in [2.24, 2.45) is 7.05 Å². The van der Waals surface area contributed by atoms with Crippen LogP contribution in [-0.2, 0) is 16.9 Å². The van der Waals surface area contributed by atoms with Crippen molar-refractivity contribution >= 4 is 9.84 Å². The molecule has 1 unspecified atom stereocenters. The van der Waals surface area contributed by atoms with Crippen molar-refractivity contribution in [1.82, 2.24) is 9.78 Å². The van der Waals surface area contributed by atoms with Gasteiger partial charge < -0.3 is 9.84 Å². The number of aromatic nitrogens is 2. The second kappa shape index (κ2) is 6.38. The van der Waals surface area contributed by atoms with Crippen LogP contribution in [0.4, 0.5) is 0 Å². The highest BCUT2D eigenvalue weighted by atomic mass is 32.2. The van der Waals surface area contributed by atoms with E-state index in [-0.39, 0.29) is 11.5 Å². The molecule has 0 aliphatic carbocycles. The zero-order valence-corrected chi connectivity index (χ0v) is 12.7. The Balaban J connectivity index is 2.71. The minimum absolute atomic E-state index is 0.0994. The van der Waals surface area contributed by atoms with Gasteiger partial charge in [-0.3, -0.25) is 0 Å². The molecule has 0 spiro atoms. The molecule has 0 aliphatic heterocycles. The smallest absolute Gasteiger partial charge is 0.217 e. The van der Waals surface area contributed by atoms with E-state index in [1.54, 1.807) is 25.6 Å². The topological polar surface area (TPSA) is 81.4 Å². The molecule has 0 fully saturated rings. The summed E-state index contributed by atoms with van der Waals surface area (Å²) in [6.07, 6.45) is 0.0486. The normalized spacial score (nSPS) is 13.5. The lowest BCUT2D eigenvalue weighted by atomic mass is 10.1. The number of methoxy groups -OCH3 is 1. The molecule has 1 N–H and O–H groups in total. The second-order valence-corrected chi connectivity index (χ2v) is 7.00. The molecule has 1 aromatic heterocycles. The van der Waals surface area contributed by atoms with Gasteiger partial charge in [-0.1, -0.05) is 6.92 Å². The molecule has 6 nitrogen and oxygen atoms in total. The number of hydrogen-bond donors (Lipinski definition) is 1. The Morgan fingerprint density at radius 2 is 2.11 bits per heavy atom. The van der Waals surface area contributed by atoms with Gasteiger partial charge in [0, 0.05) is 12.8 Å². The molecule has 1 atom stereocenters. The van der Waals surface area contributed by atoms with Gasteiger partial charge in [-0.2, -0.15) is 5.10 Å². The third-order valence-corrected chi connectivity index (χ3v) is 4.90. The molecule has 0 aromatic carbocycles. The van der Waals surface area contributed by atoms with Gasteiger partial charge in [0.1, 0.15) is 9.84 Å². The van der Waals surface area contributed by atoms with Crippen molar-refractivity contribution in [2.45, 2.75) is 32.8 Å². The summed E-state index contributed by atoms with van der Waals surface area (Å²) in [5.41, 5.74) is 1.34. The first-order chi connectivity index (χ1) is 8.82. The minimum atomic E-state index is -2.98. The Kier molecular flexibility index (Phi) is 5.37. The zero-order valence-electron chi connectivity index (χ0n) is 11.9. The van der Waals surface area contributed by atoms with Crippen molar-refractivity contribution in [3.8, 4) is 5.88 Å². The van der Waals surface area contributed by atoms with Crippen LogP contribution in [0.5, 0.6) is 5.88 Å². The molecule has 1 aromatic rings.